The van der Waals surface area contributed by atoms with Crippen LogP contribution in [0.15, 0.2) is 54.6 Å². The van der Waals surface area contributed by atoms with Gasteiger partial charge >= 0.3 is 18.1 Å². The molecule has 0 aromatic heterocycles. The van der Waals surface area contributed by atoms with E-state index >= 15 is 0 Å². The van der Waals surface area contributed by atoms with Crippen LogP contribution in [0.3, 0.4) is 0 Å². The fourth-order valence-corrected chi connectivity index (χ4v) is 3.92. The van der Waals surface area contributed by atoms with Crippen molar-refractivity contribution in [1.82, 2.24) is 10.6 Å². The van der Waals surface area contributed by atoms with Crippen LogP contribution in [0.4, 0.5) is 13.2 Å². The minimum atomic E-state index is -5.08. The number of alkyl halides is 3. The molecule has 0 unspecified atom stereocenters. The van der Waals surface area contributed by atoms with Gasteiger partial charge in [0.15, 0.2) is 0 Å². The lowest BCUT2D eigenvalue weighted by molar-refractivity contribution is -0.192. The second-order valence-electron chi connectivity index (χ2n) is 8.80. The number of carbonyl (C=O) groups is 3. The lowest BCUT2D eigenvalue weighted by atomic mass is 10.0. The summed E-state index contributed by atoms with van der Waals surface area (Å²) in [5, 5.41) is 34.7. The van der Waals surface area contributed by atoms with Crippen molar-refractivity contribution in [3.05, 3.63) is 65.7 Å². The number of hydrogen-bond donors (Lipinski definition) is 5. The maximum Gasteiger partial charge on any atom is 0.490 e. The molecule has 0 saturated carbocycles. The first-order valence-electron chi connectivity index (χ1n) is 12.0. The van der Waals surface area contributed by atoms with E-state index in [4.69, 9.17) is 19.4 Å². The SMILES string of the molecule is COc1ccc2cc(O)c(C(=O)O[C@@H]3CCCNC[C@H]3NC(=O)c3ccc(O)cc3)cc2c1.O=C(O)C(F)(F)F. The normalized spacial score (nSPS) is 17.1. The zero-order chi connectivity index (χ0) is 29.4. The quantitative estimate of drug-likeness (QED) is 0.293. The third-order valence-corrected chi connectivity index (χ3v) is 5.98. The molecule has 0 radical (unpaired) electrons. The van der Waals surface area contributed by atoms with Gasteiger partial charge in [-0.1, -0.05) is 6.07 Å². The fourth-order valence-electron chi connectivity index (χ4n) is 3.92. The number of ether oxygens (including phenoxy) is 2. The largest absolute Gasteiger partial charge is 0.508 e. The van der Waals surface area contributed by atoms with Gasteiger partial charge in [0.05, 0.1) is 13.2 Å². The van der Waals surface area contributed by atoms with Crippen LogP contribution in [0.2, 0.25) is 0 Å². The summed E-state index contributed by atoms with van der Waals surface area (Å²) in [7, 11) is 1.56. The summed E-state index contributed by atoms with van der Waals surface area (Å²) < 4.78 is 42.8. The zero-order valence-corrected chi connectivity index (χ0v) is 21.2. The van der Waals surface area contributed by atoms with Crippen LogP contribution in [0.25, 0.3) is 10.8 Å². The number of benzene rings is 3. The molecule has 1 saturated heterocycles. The number of halogens is 3. The van der Waals surface area contributed by atoms with Gasteiger partial charge in [-0.05, 0) is 78.7 Å². The molecule has 2 atom stereocenters. The molecule has 0 aliphatic carbocycles. The molecule has 0 bridgehead atoms. The molecule has 13 heteroatoms. The van der Waals surface area contributed by atoms with Crippen molar-refractivity contribution in [3.8, 4) is 17.2 Å². The number of carboxylic acids is 1. The van der Waals surface area contributed by atoms with E-state index in [1.807, 2.05) is 0 Å². The molecule has 4 rings (SSSR count). The molecule has 1 amide bonds. The number of carbonyl (C=O) groups excluding carboxylic acids is 2. The molecule has 40 heavy (non-hydrogen) atoms. The highest BCUT2D eigenvalue weighted by Gasteiger charge is 2.38. The topological polar surface area (TPSA) is 154 Å². The summed E-state index contributed by atoms with van der Waals surface area (Å²) in [5.41, 5.74) is 0.444. The Balaban J connectivity index is 0.000000559. The molecular weight excluding hydrogens is 537 g/mol. The number of rotatable bonds is 5. The number of phenolic OH excluding ortho intramolecular Hbond substituents is 2. The van der Waals surface area contributed by atoms with Crippen LogP contribution in [0, 0.1) is 0 Å². The Labute approximate surface area is 226 Å². The van der Waals surface area contributed by atoms with Crippen LogP contribution in [-0.4, -0.2) is 71.7 Å². The van der Waals surface area contributed by atoms with E-state index < -0.39 is 30.3 Å². The van der Waals surface area contributed by atoms with Crippen molar-refractivity contribution in [2.45, 2.75) is 31.2 Å². The molecule has 3 aromatic rings. The van der Waals surface area contributed by atoms with Crippen LogP contribution in [0.1, 0.15) is 33.6 Å². The van der Waals surface area contributed by atoms with Crippen molar-refractivity contribution < 1.29 is 52.3 Å². The van der Waals surface area contributed by atoms with Crippen molar-refractivity contribution in [2.24, 2.45) is 0 Å². The Morgan fingerprint density at radius 1 is 1.00 bits per heavy atom. The molecule has 0 spiro atoms. The molecule has 1 aliphatic rings. The minimum Gasteiger partial charge on any atom is -0.508 e. The number of methoxy groups -OCH3 is 1. The van der Waals surface area contributed by atoms with E-state index in [1.54, 1.807) is 31.4 Å². The number of aromatic hydroxyl groups is 2. The van der Waals surface area contributed by atoms with Crippen molar-refractivity contribution in [2.75, 3.05) is 20.2 Å². The lowest BCUT2D eigenvalue weighted by Crippen LogP contribution is -2.49. The standard InChI is InChI=1S/C25H26N2O6.C2HF3O2/c1-32-19-9-6-16-13-22(29)20(12-17(16)11-19)25(31)33-23-3-2-10-26-14-21(23)27-24(30)15-4-7-18(28)8-5-15;3-2(4,5)1(6)7/h4-9,11-13,21,23,26,28-29H,2-3,10,14H2,1H3,(H,27,30);(H,6,7)/t21-,23-;/m1./s1. The first-order chi connectivity index (χ1) is 18.9. The lowest BCUT2D eigenvalue weighted by Gasteiger charge is -2.26. The number of amides is 1. The average molecular weight is 565 g/mol. The van der Waals surface area contributed by atoms with Crippen molar-refractivity contribution >= 4 is 28.6 Å². The third-order valence-electron chi connectivity index (χ3n) is 5.98. The zero-order valence-electron chi connectivity index (χ0n) is 21.2. The van der Waals surface area contributed by atoms with E-state index in [9.17, 15) is 33.0 Å². The molecule has 1 fully saturated rings. The number of phenols is 2. The predicted molar refractivity (Wildman–Crippen MR) is 137 cm³/mol. The Morgan fingerprint density at radius 3 is 2.30 bits per heavy atom. The van der Waals surface area contributed by atoms with E-state index in [1.165, 1.54) is 30.3 Å². The molecule has 10 nitrogen and oxygen atoms in total. The van der Waals surface area contributed by atoms with Gasteiger partial charge in [-0.15, -0.1) is 0 Å². The molecule has 3 aromatic carbocycles. The van der Waals surface area contributed by atoms with Gasteiger partial charge in [0, 0.05) is 12.1 Å². The van der Waals surface area contributed by atoms with Gasteiger partial charge in [-0.3, -0.25) is 4.79 Å². The first-order valence-corrected chi connectivity index (χ1v) is 12.0. The Hall–Kier alpha value is -4.52. The molecular formula is C27H27F3N2O8. The molecule has 214 valence electrons. The summed E-state index contributed by atoms with van der Waals surface area (Å²) in [4.78, 5) is 34.6. The Kier molecular flexibility index (Phi) is 9.78. The van der Waals surface area contributed by atoms with Gasteiger partial charge in [-0.25, -0.2) is 9.59 Å². The number of hydrogen-bond acceptors (Lipinski definition) is 8. The van der Waals surface area contributed by atoms with Crippen molar-refractivity contribution in [3.63, 3.8) is 0 Å². The van der Waals surface area contributed by atoms with Crippen LogP contribution < -0.4 is 15.4 Å². The van der Waals surface area contributed by atoms with E-state index in [0.29, 0.717) is 24.3 Å². The second-order valence-corrected chi connectivity index (χ2v) is 8.80. The second kappa shape index (κ2) is 13.0. The van der Waals surface area contributed by atoms with E-state index in [-0.39, 0.29) is 23.0 Å². The number of nitrogens with one attached hydrogen (secondary N) is 2. The number of carboxylic acid groups (broad SMARTS) is 1. The number of fused-ring (bicyclic) bond motifs is 1. The number of aliphatic carboxylic acids is 1. The maximum absolute atomic E-state index is 13.0. The van der Waals surface area contributed by atoms with E-state index in [0.717, 1.165) is 23.7 Å². The van der Waals surface area contributed by atoms with Gasteiger partial charge in [0.25, 0.3) is 5.91 Å². The first kappa shape index (κ1) is 30.0. The highest BCUT2D eigenvalue weighted by atomic mass is 19.4. The van der Waals surface area contributed by atoms with Crippen LogP contribution in [0.5, 0.6) is 17.2 Å². The third kappa shape index (κ3) is 7.99. The minimum absolute atomic E-state index is 0.0524. The molecule has 5 N–H and O–H groups in total. The van der Waals surface area contributed by atoms with Crippen molar-refractivity contribution in [1.29, 1.82) is 0 Å². The van der Waals surface area contributed by atoms with Crippen LogP contribution >= 0.6 is 0 Å². The summed E-state index contributed by atoms with van der Waals surface area (Å²) in [6.45, 7) is 1.17. The molecule has 1 heterocycles. The number of esters is 1. The summed E-state index contributed by atoms with van der Waals surface area (Å²) >= 11 is 0. The van der Waals surface area contributed by atoms with Gasteiger partial charge in [0.2, 0.25) is 0 Å². The molecule has 1 aliphatic heterocycles. The fraction of sp³-hybridized carbons (Fsp3) is 0.296. The summed E-state index contributed by atoms with van der Waals surface area (Å²) in [5.74, 6) is -3.21. The van der Waals surface area contributed by atoms with E-state index in [2.05, 4.69) is 10.6 Å². The monoisotopic (exact) mass is 564 g/mol. The highest BCUT2D eigenvalue weighted by molar-refractivity contribution is 5.99. The highest BCUT2D eigenvalue weighted by Crippen LogP contribution is 2.29. The van der Waals surface area contributed by atoms with Gasteiger partial charge in [-0.2, -0.15) is 13.2 Å². The van der Waals surface area contributed by atoms with Gasteiger partial charge in [0.1, 0.15) is 28.9 Å². The summed E-state index contributed by atoms with van der Waals surface area (Å²) in [6, 6.07) is 13.9. The Bertz CT molecular complexity index is 1360. The van der Waals surface area contributed by atoms with Crippen LogP contribution in [-0.2, 0) is 9.53 Å². The Morgan fingerprint density at radius 2 is 1.68 bits per heavy atom. The maximum atomic E-state index is 13.0. The summed E-state index contributed by atoms with van der Waals surface area (Å²) in [6.07, 6.45) is -4.33. The average Bonchev–Trinajstić information content (AvgIpc) is 3.12. The smallest absolute Gasteiger partial charge is 0.490 e. The van der Waals surface area contributed by atoms with Gasteiger partial charge < -0.3 is 35.4 Å². The predicted octanol–water partition coefficient (Wildman–Crippen LogP) is 3.60.